The number of carbonyl (C=O) groups excluding carboxylic acids is 1. The monoisotopic (exact) mass is 278 g/mol. The SMILES string of the molecule is CCC(C)NCC(=O)N1CCN(S(N)(=O)=O)CC1. The standard InChI is InChI=1S/C10H22N4O3S/c1-3-9(2)12-8-10(15)13-4-6-14(7-5-13)18(11,16)17/h9,12H,3-8H2,1-2H3,(H2,11,16,17). The van der Waals surface area contributed by atoms with Crippen molar-refractivity contribution in [3.8, 4) is 0 Å². The molecule has 1 rings (SSSR count). The van der Waals surface area contributed by atoms with Gasteiger partial charge in [-0.05, 0) is 13.3 Å². The molecule has 0 aromatic carbocycles. The Kier molecular flexibility index (Phi) is 5.51. The van der Waals surface area contributed by atoms with Crippen LogP contribution in [-0.4, -0.2) is 62.3 Å². The first-order chi connectivity index (χ1) is 8.34. The zero-order chi connectivity index (χ0) is 13.8. The number of nitrogens with one attached hydrogen (secondary N) is 1. The summed E-state index contributed by atoms with van der Waals surface area (Å²) in [5.41, 5.74) is 0. The average molecular weight is 278 g/mol. The van der Waals surface area contributed by atoms with Crippen molar-refractivity contribution >= 4 is 16.1 Å². The van der Waals surface area contributed by atoms with Gasteiger partial charge < -0.3 is 10.2 Å². The minimum atomic E-state index is -3.62. The quantitative estimate of drug-likeness (QED) is 0.655. The Labute approximate surface area is 108 Å². The van der Waals surface area contributed by atoms with Crippen molar-refractivity contribution in [2.75, 3.05) is 32.7 Å². The van der Waals surface area contributed by atoms with Crippen LogP contribution in [0.4, 0.5) is 0 Å². The molecule has 1 atom stereocenters. The zero-order valence-electron chi connectivity index (χ0n) is 10.9. The summed E-state index contributed by atoms with van der Waals surface area (Å²) in [7, 11) is -3.62. The first kappa shape index (κ1) is 15.4. The first-order valence-electron chi connectivity index (χ1n) is 6.13. The molecule has 1 heterocycles. The van der Waals surface area contributed by atoms with E-state index in [2.05, 4.69) is 5.32 Å². The van der Waals surface area contributed by atoms with Gasteiger partial charge in [-0.15, -0.1) is 0 Å². The maximum absolute atomic E-state index is 11.8. The number of hydrogen-bond acceptors (Lipinski definition) is 4. The van der Waals surface area contributed by atoms with E-state index >= 15 is 0 Å². The summed E-state index contributed by atoms with van der Waals surface area (Å²) >= 11 is 0. The molecular weight excluding hydrogens is 256 g/mol. The molecule has 0 aromatic heterocycles. The van der Waals surface area contributed by atoms with Gasteiger partial charge >= 0.3 is 0 Å². The van der Waals surface area contributed by atoms with Crippen LogP contribution < -0.4 is 10.5 Å². The van der Waals surface area contributed by atoms with Crippen molar-refractivity contribution in [1.82, 2.24) is 14.5 Å². The molecule has 1 aliphatic rings. The van der Waals surface area contributed by atoms with Crippen molar-refractivity contribution in [3.63, 3.8) is 0 Å². The molecule has 8 heteroatoms. The number of nitrogens with zero attached hydrogens (tertiary/aromatic N) is 2. The second-order valence-electron chi connectivity index (χ2n) is 4.51. The minimum Gasteiger partial charge on any atom is -0.339 e. The third kappa shape index (κ3) is 4.52. The van der Waals surface area contributed by atoms with Gasteiger partial charge in [0.1, 0.15) is 0 Å². The fourth-order valence-electron chi connectivity index (χ4n) is 1.71. The van der Waals surface area contributed by atoms with E-state index in [4.69, 9.17) is 5.14 Å². The summed E-state index contributed by atoms with van der Waals surface area (Å²) in [6.45, 7) is 5.71. The van der Waals surface area contributed by atoms with Gasteiger partial charge in [0.05, 0.1) is 6.54 Å². The molecule has 1 amide bonds. The van der Waals surface area contributed by atoms with E-state index in [1.54, 1.807) is 4.90 Å². The molecule has 0 saturated carbocycles. The maximum Gasteiger partial charge on any atom is 0.277 e. The van der Waals surface area contributed by atoms with E-state index in [1.807, 2.05) is 13.8 Å². The van der Waals surface area contributed by atoms with Crippen LogP contribution in [0.3, 0.4) is 0 Å². The molecule has 0 bridgehead atoms. The fraction of sp³-hybridized carbons (Fsp3) is 0.900. The van der Waals surface area contributed by atoms with Crippen LogP contribution in [-0.2, 0) is 15.0 Å². The van der Waals surface area contributed by atoms with E-state index in [0.29, 0.717) is 25.7 Å². The number of carbonyl (C=O) groups is 1. The highest BCUT2D eigenvalue weighted by Crippen LogP contribution is 2.04. The Balaban J connectivity index is 2.36. The molecule has 1 fully saturated rings. The van der Waals surface area contributed by atoms with Gasteiger partial charge in [-0.25, -0.2) is 5.14 Å². The Hall–Kier alpha value is -0.700. The number of hydrogen-bond donors (Lipinski definition) is 2. The summed E-state index contributed by atoms with van der Waals surface area (Å²) < 4.78 is 23.4. The molecule has 1 unspecified atom stereocenters. The maximum atomic E-state index is 11.8. The third-order valence-electron chi connectivity index (χ3n) is 3.17. The highest BCUT2D eigenvalue weighted by atomic mass is 32.2. The number of nitrogens with two attached hydrogens (primary N) is 1. The summed E-state index contributed by atoms with van der Waals surface area (Å²) in [5.74, 6) is 0.00405. The van der Waals surface area contributed by atoms with Gasteiger partial charge in [0.25, 0.3) is 10.2 Å². The number of rotatable bonds is 5. The molecule has 106 valence electrons. The van der Waals surface area contributed by atoms with Gasteiger partial charge in [0, 0.05) is 32.2 Å². The van der Waals surface area contributed by atoms with Crippen LogP contribution in [0.15, 0.2) is 0 Å². The predicted octanol–water partition coefficient (Wildman–Crippen LogP) is -1.28. The van der Waals surface area contributed by atoms with Crippen molar-refractivity contribution in [2.45, 2.75) is 26.3 Å². The molecule has 0 radical (unpaired) electrons. The normalized spacial score (nSPS) is 19.8. The van der Waals surface area contributed by atoms with E-state index in [1.165, 1.54) is 4.31 Å². The van der Waals surface area contributed by atoms with Crippen molar-refractivity contribution in [2.24, 2.45) is 5.14 Å². The topological polar surface area (TPSA) is 95.7 Å². The van der Waals surface area contributed by atoms with E-state index in [9.17, 15) is 13.2 Å². The fourth-order valence-corrected chi connectivity index (χ4v) is 2.38. The van der Waals surface area contributed by atoms with E-state index in [0.717, 1.165) is 6.42 Å². The largest absolute Gasteiger partial charge is 0.339 e. The lowest BCUT2D eigenvalue weighted by Gasteiger charge is -2.33. The van der Waals surface area contributed by atoms with Crippen LogP contribution in [0.25, 0.3) is 0 Å². The van der Waals surface area contributed by atoms with Crippen molar-refractivity contribution < 1.29 is 13.2 Å². The summed E-state index contributed by atoms with van der Waals surface area (Å²) in [6, 6.07) is 0.305. The van der Waals surface area contributed by atoms with Gasteiger partial charge in [0.15, 0.2) is 0 Å². The smallest absolute Gasteiger partial charge is 0.277 e. The second kappa shape index (κ2) is 6.46. The molecule has 0 aromatic rings. The van der Waals surface area contributed by atoms with Gasteiger partial charge in [-0.2, -0.15) is 12.7 Å². The molecule has 1 saturated heterocycles. The molecule has 3 N–H and O–H groups in total. The number of piperazine rings is 1. The Morgan fingerprint density at radius 3 is 2.33 bits per heavy atom. The lowest BCUT2D eigenvalue weighted by Crippen LogP contribution is -2.53. The van der Waals surface area contributed by atoms with Crippen LogP contribution in [0.1, 0.15) is 20.3 Å². The van der Waals surface area contributed by atoms with Crippen LogP contribution in [0.2, 0.25) is 0 Å². The third-order valence-corrected chi connectivity index (χ3v) is 4.25. The Bertz CT molecular complexity index is 377. The van der Waals surface area contributed by atoms with Gasteiger partial charge in [-0.3, -0.25) is 4.79 Å². The van der Waals surface area contributed by atoms with E-state index in [-0.39, 0.29) is 19.0 Å². The first-order valence-corrected chi connectivity index (χ1v) is 7.64. The van der Waals surface area contributed by atoms with Crippen molar-refractivity contribution in [3.05, 3.63) is 0 Å². The lowest BCUT2D eigenvalue weighted by molar-refractivity contribution is -0.131. The Morgan fingerprint density at radius 1 is 1.33 bits per heavy atom. The highest BCUT2D eigenvalue weighted by Gasteiger charge is 2.26. The molecule has 1 aliphatic heterocycles. The van der Waals surface area contributed by atoms with Crippen LogP contribution in [0, 0.1) is 0 Å². The van der Waals surface area contributed by atoms with E-state index < -0.39 is 10.2 Å². The van der Waals surface area contributed by atoms with Crippen molar-refractivity contribution in [1.29, 1.82) is 0 Å². The minimum absolute atomic E-state index is 0.00405. The summed E-state index contributed by atoms with van der Waals surface area (Å²) in [6.07, 6.45) is 0.965. The van der Waals surface area contributed by atoms with Gasteiger partial charge in [-0.1, -0.05) is 6.92 Å². The summed E-state index contributed by atoms with van der Waals surface area (Å²) in [5, 5.41) is 8.15. The van der Waals surface area contributed by atoms with Crippen LogP contribution >= 0.6 is 0 Å². The molecule has 18 heavy (non-hydrogen) atoms. The lowest BCUT2D eigenvalue weighted by atomic mass is 10.2. The van der Waals surface area contributed by atoms with Crippen LogP contribution in [0.5, 0.6) is 0 Å². The molecular formula is C10H22N4O3S. The molecule has 0 spiro atoms. The predicted molar refractivity (Wildman–Crippen MR) is 69.0 cm³/mol. The number of amides is 1. The summed E-state index contributed by atoms with van der Waals surface area (Å²) in [4.78, 5) is 13.5. The zero-order valence-corrected chi connectivity index (χ0v) is 11.7. The second-order valence-corrected chi connectivity index (χ2v) is 6.06. The highest BCUT2D eigenvalue weighted by molar-refractivity contribution is 7.86. The van der Waals surface area contributed by atoms with Gasteiger partial charge in [0.2, 0.25) is 5.91 Å². The Morgan fingerprint density at radius 2 is 1.89 bits per heavy atom. The molecule has 0 aliphatic carbocycles. The molecule has 7 nitrogen and oxygen atoms in total. The average Bonchev–Trinajstić information content (AvgIpc) is 2.34.